The lowest BCUT2D eigenvalue weighted by atomic mass is 10.1. The van der Waals surface area contributed by atoms with Crippen molar-refractivity contribution in [2.45, 2.75) is 32.1 Å². The number of guanidine groups is 1. The third kappa shape index (κ3) is 6.59. The number of hydrogen-bond donors (Lipinski definition) is 1. The summed E-state index contributed by atoms with van der Waals surface area (Å²) in [6.45, 7) is 13.9. The van der Waals surface area contributed by atoms with Crippen LogP contribution in [0.2, 0.25) is 0 Å². The van der Waals surface area contributed by atoms with Crippen molar-refractivity contribution in [2.75, 3.05) is 58.7 Å². The Bertz CT molecular complexity index is 364. The average molecular weight is 456 g/mol. The second-order valence-corrected chi connectivity index (χ2v) is 7.87. The van der Waals surface area contributed by atoms with E-state index in [1.807, 2.05) is 7.05 Å². The number of halogens is 1. The third-order valence-electron chi connectivity index (χ3n) is 4.57. The van der Waals surface area contributed by atoms with Crippen LogP contribution in [0.1, 0.15) is 20.8 Å². The van der Waals surface area contributed by atoms with Crippen molar-refractivity contribution in [1.82, 2.24) is 15.1 Å². The minimum atomic E-state index is 0. The summed E-state index contributed by atoms with van der Waals surface area (Å²) >= 11 is 2.10. The van der Waals surface area contributed by atoms with Gasteiger partial charge < -0.3 is 15.0 Å². The minimum absolute atomic E-state index is 0. The highest BCUT2D eigenvalue weighted by Gasteiger charge is 2.25. The van der Waals surface area contributed by atoms with E-state index in [9.17, 15) is 0 Å². The molecular formula is C16H33IN4OS. The lowest BCUT2D eigenvalue weighted by molar-refractivity contribution is 0.0210. The van der Waals surface area contributed by atoms with Crippen LogP contribution < -0.4 is 5.32 Å². The van der Waals surface area contributed by atoms with Gasteiger partial charge in [-0.3, -0.25) is 9.89 Å². The Kier molecular flexibility index (Phi) is 10.2. The zero-order chi connectivity index (χ0) is 15.9. The van der Waals surface area contributed by atoms with Crippen LogP contribution in [0.3, 0.4) is 0 Å². The van der Waals surface area contributed by atoms with E-state index < -0.39 is 0 Å². The van der Waals surface area contributed by atoms with Gasteiger partial charge in [0.15, 0.2) is 5.96 Å². The summed E-state index contributed by atoms with van der Waals surface area (Å²) in [5.41, 5.74) is 0. The second kappa shape index (κ2) is 11.0. The molecule has 2 saturated heterocycles. The van der Waals surface area contributed by atoms with Crippen LogP contribution >= 0.6 is 35.7 Å². The maximum Gasteiger partial charge on any atom is 0.193 e. The van der Waals surface area contributed by atoms with Gasteiger partial charge in [-0.1, -0.05) is 13.8 Å². The number of thioether (sulfide) groups is 1. The van der Waals surface area contributed by atoms with Gasteiger partial charge in [0.1, 0.15) is 0 Å². The first-order chi connectivity index (χ1) is 10.6. The van der Waals surface area contributed by atoms with Gasteiger partial charge in [-0.25, -0.2) is 0 Å². The quantitative estimate of drug-likeness (QED) is 0.398. The van der Waals surface area contributed by atoms with Gasteiger partial charge in [0.05, 0.1) is 13.2 Å². The lowest BCUT2D eigenvalue weighted by Crippen LogP contribution is -2.52. The summed E-state index contributed by atoms with van der Waals surface area (Å²) in [6, 6.07) is 0.515. The highest BCUT2D eigenvalue weighted by Crippen LogP contribution is 2.24. The van der Waals surface area contributed by atoms with E-state index in [4.69, 9.17) is 4.74 Å². The molecule has 2 unspecified atom stereocenters. The smallest absolute Gasteiger partial charge is 0.193 e. The zero-order valence-electron chi connectivity index (χ0n) is 15.0. The van der Waals surface area contributed by atoms with E-state index in [1.165, 1.54) is 5.75 Å². The summed E-state index contributed by atoms with van der Waals surface area (Å²) in [5.74, 6) is 2.98. The molecule has 0 saturated carbocycles. The predicted molar refractivity (Wildman–Crippen MR) is 111 cm³/mol. The van der Waals surface area contributed by atoms with Crippen LogP contribution in [0, 0.1) is 5.92 Å². The number of morpholine rings is 1. The van der Waals surface area contributed by atoms with Crippen molar-refractivity contribution in [3.05, 3.63) is 0 Å². The highest BCUT2D eigenvalue weighted by atomic mass is 127. The summed E-state index contributed by atoms with van der Waals surface area (Å²) in [6.07, 6.45) is 0. The van der Waals surface area contributed by atoms with Gasteiger partial charge in [-0.2, -0.15) is 11.8 Å². The first-order valence-electron chi connectivity index (χ1n) is 8.50. The van der Waals surface area contributed by atoms with E-state index in [0.717, 1.165) is 57.8 Å². The maximum absolute atomic E-state index is 5.43. The number of nitrogens with zero attached hydrogens (tertiary/aromatic N) is 3. The summed E-state index contributed by atoms with van der Waals surface area (Å²) in [5, 5.41) is 4.29. The van der Waals surface area contributed by atoms with E-state index in [0.29, 0.717) is 11.3 Å². The van der Waals surface area contributed by atoms with Crippen molar-refractivity contribution in [1.29, 1.82) is 0 Å². The monoisotopic (exact) mass is 456 g/mol. The molecule has 1 N–H and O–H groups in total. The molecule has 0 aromatic heterocycles. The standard InChI is InChI=1S/C16H32N4OS.HI/c1-13(2)15-12-20(7-10-22-15)16(17-4)18-11-14(3)19-5-8-21-9-6-19;/h13-15H,5-12H2,1-4H3,(H,17,18);1H. The van der Waals surface area contributed by atoms with Crippen LogP contribution in [0.15, 0.2) is 4.99 Å². The topological polar surface area (TPSA) is 40.1 Å². The van der Waals surface area contributed by atoms with Crippen LogP contribution in [0.25, 0.3) is 0 Å². The minimum Gasteiger partial charge on any atom is -0.379 e. The zero-order valence-corrected chi connectivity index (χ0v) is 18.1. The van der Waals surface area contributed by atoms with E-state index >= 15 is 0 Å². The summed E-state index contributed by atoms with van der Waals surface area (Å²) in [7, 11) is 1.90. The first-order valence-corrected chi connectivity index (χ1v) is 9.55. The first kappa shape index (κ1) is 21.3. The Hall–Kier alpha value is 0.270. The van der Waals surface area contributed by atoms with Gasteiger partial charge in [-0.05, 0) is 12.8 Å². The molecule has 0 amide bonds. The number of hydrogen-bond acceptors (Lipinski definition) is 4. The van der Waals surface area contributed by atoms with Crippen LogP contribution in [-0.4, -0.2) is 85.8 Å². The van der Waals surface area contributed by atoms with Gasteiger partial charge in [0, 0.05) is 56.8 Å². The molecule has 0 aliphatic carbocycles. The molecule has 2 atom stereocenters. The highest BCUT2D eigenvalue weighted by molar-refractivity contribution is 14.0. The van der Waals surface area contributed by atoms with E-state index in [2.05, 4.69) is 52.6 Å². The Morgan fingerprint density at radius 3 is 2.57 bits per heavy atom. The molecule has 0 radical (unpaired) electrons. The summed E-state index contributed by atoms with van der Waals surface area (Å²) < 4.78 is 5.43. The second-order valence-electron chi connectivity index (χ2n) is 6.52. The fraction of sp³-hybridized carbons (Fsp3) is 0.938. The van der Waals surface area contributed by atoms with E-state index in [1.54, 1.807) is 0 Å². The molecular weight excluding hydrogens is 423 g/mol. The van der Waals surface area contributed by atoms with Gasteiger partial charge in [-0.15, -0.1) is 24.0 Å². The van der Waals surface area contributed by atoms with Crippen molar-refractivity contribution in [3.8, 4) is 0 Å². The third-order valence-corrected chi connectivity index (χ3v) is 6.11. The molecule has 23 heavy (non-hydrogen) atoms. The average Bonchev–Trinajstić information content (AvgIpc) is 2.56. The van der Waals surface area contributed by atoms with Crippen molar-refractivity contribution < 1.29 is 4.74 Å². The fourth-order valence-electron chi connectivity index (χ4n) is 2.99. The molecule has 7 heteroatoms. The number of nitrogens with one attached hydrogen (secondary N) is 1. The van der Waals surface area contributed by atoms with Gasteiger partial charge >= 0.3 is 0 Å². The SMILES string of the molecule is CN=C(NCC(C)N1CCOCC1)N1CCSC(C(C)C)C1.I. The van der Waals surface area contributed by atoms with Crippen molar-refractivity contribution in [2.24, 2.45) is 10.9 Å². The van der Waals surface area contributed by atoms with Crippen LogP contribution in [0.5, 0.6) is 0 Å². The fourth-order valence-corrected chi connectivity index (χ4v) is 4.29. The normalized spacial score (nSPS) is 25.2. The molecule has 0 bridgehead atoms. The molecule has 5 nitrogen and oxygen atoms in total. The van der Waals surface area contributed by atoms with Crippen molar-refractivity contribution in [3.63, 3.8) is 0 Å². The number of aliphatic imine (C=N–C) groups is 1. The Morgan fingerprint density at radius 1 is 1.26 bits per heavy atom. The van der Waals surface area contributed by atoms with Crippen LogP contribution in [-0.2, 0) is 4.74 Å². The molecule has 0 aromatic carbocycles. The summed E-state index contributed by atoms with van der Waals surface area (Å²) in [4.78, 5) is 9.42. The maximum atomic E-state index is 5.43. The Morgan fingerprint density at radius 2 is 1.96 bits per heavy atom. The Balaban J connectivity index is 0.00000264. The predicted octanol–water partition coefficient (Wildman–Crippen LogP) is 1.97. The molecule has 2 fully saturated rings. The molecule has 136 valence electrons. The molecule has 2 heterocycles. The van der Waals surface area contributed by atoms with Gasteiger partial charge in [0.25, 0.3) is 0 Å². The van der Waals surface area contributed by atoms with E-state index in [-0.39, 0.29) is 24.0 Å². The number of rotatable bonds is 4. The Labute approximate surface area is 163 Å². The lowest BCUT2D eigenvalue weighted by Gasteiger charge is -2.37. The molecule has 0 spiro atoms. The van der Waals surface area contributed by atoms with Crippen molar-refractivity contribution >= 4 is 41.7 Å². The molecule has 2 aliphatic rings. The largest absolute Gasteiger partial charge is 0.379 e. The number of ether oxygens (including phenoxy) is 1. The van der Waals surface area contributed by atoms with Crippen LogP contribution in [0.4, 0.5) is 0 Å². The molecule has 2 rings (SSSR count). The molecule has 2 aliphatic heterocycles. The van der Waals surface area contributed by atoms with Gasteiger partial charge in [0.2, 0.25) is 0 Å². The molecule has 0 aromatic rings.